The fourth-order valence-electron chi connectivity index (χ4n) is 4.82. The maximum atomic E-state index is 13.2. The number of benzene rings is 3. The van der Waals surface area contributed by atoms with Crippen LogP contribution in [-0.4, -0.2) is 41.5 Å². The van der Waals surface area contributed by atoms with Gasteiger partial charge in [-0.25, -0.2) is 0 Å². The van der Waals surface area contributed by atoms with Crippen LogP contribution < -0.4 is 10.5 Å². The molecule has 39 heavy (non-hydrogen) atoms. The molecule has 7 heteroatoms. The van der Waals surface area contributed by atoms with Gasteiger partial charge in [0.05, 0.1) is 0 Å². The van der Waals surface area contributed by atoms with Crippen LogP contribution in [0.4, 0.5) is 11.4 Å². The summed E-state index contributed by atoms with van der Waals surface area (Å²) in [7, 11) is 3.48. The van der Waals surface area contributed by atoms with Gasteiger partial charge in [-0.3, -0.25) is 9.59 Å². The number of carbonyl (C=O) groups is 1. The van der Waals surface area contributed by atoms with Gasteiger partial charge in [0, 0.05) is 42.5 Å². The van der Waals surface area contributed by atoms with Crippen molar-refractivity contribution < 1.29 is 9.90 Å². The van der Waals surface area contributed by atoms with E-state index < -0.39 is 0 Å². The summed E-state index contributed by atoms with van der Waals surface area (Å²) in [4.78, 5) is 33.8. The molecule has 6 nitrogen and oxygen atoms in total. The van der Waals surface area contributed by atoms with E-state index in [9.17, 15) is 14.7 Å². The summed E-state index contributed by atoms with van der Waals surface area (Å²) >= 11 is 1.25. The monoisotopic (exact) mass is 539 g/mol. The Morgan fingerprint density at radius 3 is 2.28 bits per heavy atom. The Balaban J connectivity index is 1.50. The van der Waals surface area contributed by atoms with Crippen molar-refractivity contribution >= 4 is 29.0 Å². The Morgan fingerprint density at radius 1 is 0.974 bits per heavy atom. The molecule has 1 heterocycles. The molecule has 2 N–H and O–H groups in total. The Labute approximate surface area is 233 Å². The zero-order valence-electron chi connectivity index (χ0n) is 22.5. The third-order valence-electron chi connectivity index (χ3n) is 6.99. The van der Waals surface area contributed by atoms with Gasteiger partial charge in [-0.2, -0.15) is 0 Å². The molecule has 1 saturated carbocycles. The van der Waals surface area contributed by atoms with Crippen LogP contribution in [0.15, 0.2) is 93.4 Å². The van der Waals surface area contributed by atoms with Crippen LogP contribution in [0.3, 0.4) is 0 Å². The van der Waals surface area contributed by atoms with Crippen LogP contribution in [0.1, 0.15) is 35.8 Å². The summed E-state index contributed by atoms with van der Waals surface area (Å²) in [6, 6.07) is 25.2. The second-order valence-corrected chi connectivity index (χ2v) is 11.1. The SMILES string of the molecule is CCN(c1ccccc1)c1c(CC2CC2)[nH]c(=O)c(Sc2ccc(-c3ccccc3C(=O)N(C)C)cc2)c1O. The summed E-state index contributed by atoms with van der Waals surface area (Å²) < 4.78 is 0. The van der Waals surface area contributed by atoms with Crippen molar-refractivity contribution in [2.24, 2.45) is 5.92 Å². The number of pyridine rings is 1. The number of aromatic hydroxyl groups is 1. The maximum Gasteiger partial charge on any atom is 0.266 e. The van der Waals surface area contributed by atoms with Crippen LogP contribution >= 0.6 is 11.8 Å². The van der Waals surface area contributed by atoms with E-state index in [-0.39, 0.29) is 22.1 Å². The molecule has 1 aliphatic carbocycles. The molecule has 5 rings (SSSR count). The highest BCUT2D eigenvalue weighted by atomic mass is 32.2. The molecule has 0 spiro atoms. The quantitative estimate of drug-likeness (QED) is 0.247. The number of nitrogens with one attached hydrogen (secondary N) is 1. The van der Waals surface area contributed by atoms with Crippen molar-refractivity contribution in [3.8, 4) is 16.9 Å². The molecule has 4 aromatic rings. The average Bonchev–Trinajstić information content (AvgIpc) is 3.77. The van der Waals surface area contributed by atoms with Gasteiger partial charge in [0.15, 0.2) is 5.75 Å². The molecule has 0 saturated heterocycles. The Morgan fingerprint density at radius 2 is 1.64 bits per heavy atom. The minimum absolute atomic E-state index is 0.0103. The predicted molar refractivity (Wildman–Crippen MR) is 158 cm³/mol. The number of anilines is 2. The number of rotatable bonds is 9. The highest BCUT2D eigenvalue weighted by Crippen LogP contribution is 2.44. The number of aromatic amines is 1. The highest BCUT2D eigenvalue weighted by molar-refractivity contribution is 7.99. The van der Waals surface area contributed by atoms with Gasteiger partial charge in [0.2, 0.25) is 0 Å². The first-order valence-corrected chi connectivity index (χ1v) is 14.1. The molecule has 1 amide bonds. The van der Waals surface area contributed by atoms with Gasteiger partial charge < -0.3 is 19.9 Å². The number of H-pyrrole nitrogens is 1. The topological polar surface area (TPSA) is 76.6 Å². The summed E-state index contributed by atoms with van der Waals surface area (Å²) in [6.07, 6.45) is 3.03. The third-order valence-corrected chi connectivity index (χ3v) is 8.08. The normalized spacial score (nSPS) is 12.8. The van der Waals surface area contributed by atoms with Gasteiger partial charge >= 0.3 is 0 Å². The minimum Gasteiger partial charge on any atom is -0.504 e. The smallest absolute Gasteiger partial charge is 0.266 e. The van der Waals surface area contributed by atoms with E-state index in [1.165, 1.54) is 11.8 Å². The lowest BCUT2D eigenvalue weighted by Gasteiger charge is -2.27. The van der Waals surface area contributed by atoms with E-state index in [2.05, 4.69) is 9.88 Å². The molecular weight excluding hydrogens is 506 g/mol. The molecule has 0 bridgehead atoms. The fraction of sp³-hybridized carbons (Fsp3) is 0.250. The Hall–Kier alpha value is -3.97. The lowest BCUT2D eigenvalue weighted by molar-refractivity contribution is 0.0828. The molecule has 1 aliphatic rings. The molecule has 0 aliphatic heterocycles. The Kier molecular flexibility index (Phi) is 7.79. The van der Waals surface area contributed by atoms with E-state index in [1.807, 2.05) is 85.8 Å². The standard InChI is InChI=1S/C32H33N3O3S/c1-4-35(23-10-6-5-7-11-23)28-27(20-21-14-15-21)33-31(37)30(29(28)36)39-24-18-16-22(17-19-24)25-12-8-9-13-26(25)32(38)34(2)3/h5-13,16-19,21H,4,14-15,20H2,1-3H3,(H2,33,36,37). The van der Waals surface area contributed by atoms with Gasteiger partial charge in [-0.05, 0) is 73.6 Å². The predicted octanol–water partition coefficient (Wildman–Crippen LogP) is 6.71. The van der Waals surface area contributed by atoms with Gasteiger partial charge in [0.25, 0.3) is 11.5 Å². The highest BCUT2D eigenvalue weighted by Gasteiger charge is 2.28. The molecule has 3 aromatic carbocycles. The van der Waals surface area contributed by atoms with Crippen LogP contribution in [0, 0.1) is 5.92 Å². The number of nitrogens with zero attached hydrogens (tertiary/aromatic N) is 2. The van der Waals surface area contributed by atoms with Crippen LogP contribution in [0.2, 0.25) is 0 Å². The first-order valence-electron chi connectivity index (χ1n) is 13.3. The number of hydrogen-bond acceptors (Lipinski definition) is 5. The number of aromatic nitrogens is 1. The van der Waals surface area contributed by atoms with Crippen molar-refractivity contribution in [1.82, 2.24) is 9.88 Å². The van der Waals surface area contributed by atoms with E-state index in [0.29, 0.717) is 23.7 Å². The van der Waals surface area contributed by atoms with E-state index in [4.69, 9.17) is 0 Å². The summed E-state index contributed by atoms with van der Waals surface area (Å²) in [5, 5.41) is 11.6. The van der Waals surface area contributed by atoms with Crippen molar-refractivity contribution in [2.75, 3.05) is 25.5 Å². The summed E-state index contributed by atoms with van der Waals surface area (Å²) in [5.41, 5.74) is 4.52. The van der Waals surface area contributed by atoms with Gasteiger partial charge in [-0.15, -0.1) is 0 Å². The van der Waals surface area contributed by atoms with E-state index >= 15 is 0 Å². The van der Waals surface area contributed by atoms with Crippen molar-refractivity contribution in [1.29, 1.82) is 0 Å². The number of hydrogen-bond donors (Lipinski definition) is 2. The first kappa shape index (κ1) is 26.6. The minimum atomic E-state index is -0.285. The van der Waals surface area contributed by atoms with Crippen molar-refractivity contribution in [3.63, 3.8) is 0 Å². The number of carbonyl (C=O) groups excluding carboxylic acids is 1. The second-order valence-electron chi connectivity index (χ2n) is 10.1. The molecule has 0 radical (unpaired) electrons. The fourth-order valence-corrected chi connectivity index (χ4v) is 5.66. The lowest BCUT2D eigenvalue weighted by Crippen LogP contribution is -2.22. The zero-order valence-corrected chi connectivity index (χ0v) is 23.3. The maximum absolute atomic E-state index is 13.2. The van der Waals surface area contributed by atoms with Crippen LogP contribution in [-0.2, 0) is 6.42 Å². The van der Waals surface area contributed by atoms with Crippen LogP contribution in [0.5, 0.6) is 5.75 Å². The second kappa shape index (κ2) is 11.4. The molecule has 1 aromatic heterocycles. The molecule has 0 unspecified atom stereocenters. The third kappa shape index (κ3) is 5.73. The van der Waals surface area contributed by atoms with Crippen LogP contribution in [0.25, 0.3) is 11.1 Å². The molecular formula is C32H33N3O3S. The number of amides is 1. The summed E-state index contributed by atoms with van der Waals surface area (Å²) in [5.74, 6) is 0.496. The average molecular weight is 540 g/mol. The van der Waals surface area contributed by atoms with Crippen molar-refractivity contribution in [2.45, 2.75) is 36.0 Å². The first-order chi connectivity index (χ1) is 18.9. The lowest BCUT2D eigenvalue weighted by atomic mass is 9.99. The summed E-state index contributed by atoms with van der Waals surface area (Å²) in [6.45, 7) is 2.69. The number of para-hydroxylation sites is 1. The molecule has 200 valence electrons. The molecule has 0 atom stereocenters. The van der Waals surface area contributed by atoms with Gasteiger partial charge in [0.1, 0.15) is 10.6 Å². The Bertz CT molecular complexity index is 1530. The van der Waals surface area contributed by atoms with Crippen molar-refractivity contribution in [3.05, 3.63) is 100 Å². The van der Waals surface area contributed by atoms with E-state index in [0.717, 1.165) is 46.7 Å². The van der Waals surface area contributed by atoms with Gasteiger partial charge in [-0.1, -0.05) is 60.3 Å². The zero-order chi connectivity index (χ0) is 27.5. The molecule has 1 fully saturated rings. The van der Waals surface area contributed by atoms with E-state index in [1.54, 1.807) is 19.0 Å². The largest absolute Gasteiger partial charge is 0.504 e.